The Morgan fingerprint density at radius 3 is 2.84 bits per heavy atom. The number of hydrogen-bond acceptors (Lipinski definition) is 3. The van der Waals surface area contributed by atoms with Crippen molar-refractivity contribution in [1.29, 1.82) is 0 Å². The van der Waals surface area contributed by atoms with Crippen molar-refractivity contribution in [2.45, 2.75) is 19.6 Å². The number of nitrogens with zero attached hydrogens (tertiary/aromatic N) is 3. The van der Waals surface area contributed by atoms with Gasteiger partial charge >= 0.3 is 0 Å². The first-order valence-corrected chi connectivity index (χ1v) is 6.34. The van der Waals surface area contributed by atoms with E-state index in [2.05, 4.69) is 9.97 Å². The molecule has 1 atom stereocenters. The lowest BCUT2D eigenvalue weighted by atomic mass is 10.0. The van der Waals surface area contributed by atoms with E-state index in [0.29, 0.717) is 5.82 Å². The minimum Gasteiger partial charge on any atom is -0.380 e. The smallest absolute Gasteiger partial charge is 0.142 e. The molecule has 2 aromatic heterocycles. The number of rotatable bonds is 3. The van der Waals surface area contributed by atoms with Crippen LogP contribution < -0.4 is 0 Å². The van der Waals surface area contributed by atoms with Gasteiger partial charge in [0.05, 0.1) is 5.52 Å². The number of aryl methyl sites for hydroxylation is 1. The van der Waals surface area contributed by atoms with E-state index in [1.165, 1.54) is 0 Å². The van der Waals surface area contributed by atoms with E-state index >= 15 is 0 Å². The van der Waals surface area contributed by atoms with Crippen LogP contribution in [-0.2, 0) is 6.54 Å². The van der Waals surface area contributed by atoms with Crippen molar-refractivity contribution in [3.63, 3.8) is 0 Å². The highest BCUT2D eigenvalue weighted by Crippen LogP contribution is 2.26. The van der Waals surface area contributed by atoms with Gasteiger partial charge in [-0.2, -0.15) is 0 Å². The fourth-order valence-electron chi connectivity index (χ4n) is 2.32. The van der Waals surface area contributed by atoms with Crippen molar-refractivity contribution in [2.24, 2.45) is 0 Å². The maximum atomic E-state index is 10.6. The molecule has 4 nitrogen and oxygen atoms in total. The summed E-state index contributed by atoms with van der Waals surface area (Å²) in [6.07, 6.45) is 4.57. The molecule has 0 aliphatic carbocycles. The summed E-state index contributed by atoms with van der Waals surface area (Å²) >= 11 is 0. The molecule has 0 bridgehead atoms. The quantitative estimate of drug-likeness (QED) is 0.780. The maximum absolute atomic E-state index is 10.6. The van der Waals surface area contributed by atoms with Crippen LogP contribution in [-0.4, -0.2) is 19.6 Å². The summed E-state index contributed by atoms with van der Waals surface area (Å²) in [5, 5.41) is 11.6. The number of aliphatic hydroxyl groups excluding tert-OH is 1. The molecule has 0 amide bonds. The van der Waals surface area contributed by atoms with Crippen LogP contribution in [0.15, 0.2) is 48.9 Å². The monoisotopic (exact) mass is 253 g/mol. The Morgan fingerprint density at radius 1 is 1.16 bits per heavy atom. The molecule has 2 heterocycles. The molecule has 96 valence electrons. The van der Waals surface area contributed by atoms with Gasteiger partial charge in [0.1, 0.15) is 11.9 Å². The summed E-state index contributed by atoms with van der Waals surface area (Å²) in [7, 11) is 0. The third-order valence-electron chi connectivity index (χ3n) is 3.29. The van der Waals surface area contributed by atoms with Gasteiger partial charge in [-0.05, 0) is 13.0 Å². The number of para-hydroxylation sites is 1. The topological polar surface area (TPSA) is 50.9 Å². The van der Waals surface area contributed by atoms with Crippen molar-refractivity contribution in [3.05, 3.63) is 60.3 Å². The zero-order valence-corrected chi connectivity index (χ0v) is 10.7. The van der Waals surface area contributed by atoms with E-state index in [1.807, 2.05) is 48.0 Å². The molecule has 0 saturated heterocycles. The Bertz CT molecular complexity index is 700. The molecular weight excluding hydrogens is 238 g/mol. The minimum absolute atomic E-state index is 0.653. The third kappa shape index (κ3) is 2.00. The fraction of sp³-hybridized carbons (Fsp3) is 0.200. The highest BCUT2D eigenvalue weighted by Gasteiger charge is 2.18. The Morgan fingerprint density at radius 2 is 2.00 bits per heavy atom. The summed E-state index contributed by atoms with van der Waals surface area (Å²) in [6, 6.07) is 9.71. The zero-order valence-electron chi connectivity index (χ0n) is 10.7. The minimum atomic E-state index is -0.756. The molecule has 0 spiro atoms. The van der Waals surface area contributed by atoms with Gasteiger partial charge in [0.15, 0.2) is 0 Å². The summed E-state index contributed by atoms with van der Waals surface area (Å²) < 4.78 is 1.94. The first kappa shape index (κ1) is 11.9. The van der Waals surface area contributed by atoms with Crippen LogP contribution in [0.4, 0.5) is 0 Å². The normalized spacial score (nSPS) is 12.7. The maximum Gasteiger partial charge on any atom is 0.142 e. The number of fused-ring (bicyclic) bond motifs is 1. The molecule has 1 aromatic carbocycles. The van der Waals surface area contributed by atoms with Gasteiger partial charge in [-0.15, -0.1) is 0 Å². The van der Waals surface area contributed by atoms with Crippen LogP contribution in [0.25, 0.3) is 10.9 Å². The average molecular weight is 253 g/mol. The number of aliphatic hydroxyl groups is 1. The summed E-state index contributed by atoms with van der Waals surface area (Å²) in [5.41, 5.74) is 1.61. The van der Waals surface area contributed by atoms with Crippen LogP contribution >= 0.6 is 0 Å². The molecule has 4 heteroatoms. The van der Waals surface area contributed by atoms with E-state index in [-0.39, 0.29) is 0 Å². The zero-order chi connectivity index (χ0) is 13.2. The largest absolute Gasteiger partial charge is 0.380 e. The standard InChI is InChI=1S/C15H15N3O/c1-2-18-10-9-17-15(18)14(19)12-7-3-5-11-6-4-8-16-13(11)12/h3-10,14,19H,2H2,1H3. The van der Waals surface area contributed by atoms with Crippen LogP contribution in [0, 0.1) is 0 Å². The van der Waals surface area contributed by atoms with E-state index < -0.39 is 6.10 Å². The second-order valence-corrected chi connectivity index (χ2v) is 4.40. The molecule has 1 N–H and O–H groups in total. The highest BCUT2D eigenvalue weighted by molar-refractivity contribution is 5.82. The molecule has 19 heavy (non-hydrogen) atoms. The predicted octanol–water partition coefficient (Wildman–Crippen LogP) is 2.53. The lowest BCUT2D eigenvalue weighted by Crippen LogP contribution is -2.09. The lowest BCUT2D eigenvalue weighted by Gasteiger charge is -2.14. The van der Waals surface area contributed by atoms with Gasteiger partial charge in [-0.1, -0.05) is 24.3 Å². The molecular formula is C15H15N3O. The van der Waals surface area contributed by atoms with E-state index in [9.17, 15) is 5.11 Å². The van der Waals surface area contributed by atoms with Crippen molar-refractivity contribution in [2.75, 3.05) is 0 Å². The number of benzene rings is 1. The van der Waals surface area contributed by atoms with E-state index in [1.54, 1.807) is 12.4 Å². The van der Waals surface area contributed by atoms with Gasteiger partial charge in [0.25, 0.3) is 0 Å². The number of hydrogen-bond donors (Lipinski definition) is 1. The Hall–Kier alpha value is -2.20. The van der Waals surface area contributed by atoms with E-state index in [0.717, 1.165) is 23.0 Å². The summed E-state index contributed by atoms with van der Waals surface area (Å²) in [4.78, 5) is 8.63. The Labute approximate surface area is 111 Å². The van der Waals surface area contributed by atoms with Crippen LogP contribution in [0.3, 0.4) is 0 Å². The van der Waals surface area contributed by atoms with Gasteiger partial charge in [0.2, 0.25) is 0 Å². The van der Waals surface area contributed by atoms with Crippen molar-refractivity contribution >= 4 is 10.9 Å². The molecule has 0 aliphatic heterocycles. The van der Waals surface area contributed by atoms with Crippen LogP contribution in [0.2, 0.25) is 0 Å². The second-order valence-electron chi connectivity index (χ2n) is 4.40. The fourth-order valence-corrected chi connectivity index (χ4v) is 2.32. The molecule has 3 aromatic rings. The third-order valence-corrected chi connectivity index (χ3v) is 3.29. The van der Waals surface area contributed by atoms with Gasteiger partial charge in [-0.25, -0.2) is 4.98 Å². The first-order chi connectivity index (χ1) is 9.31. The summed E-state index contributed by atoms with van der Waals surface area (Å²) in [5.74, 6) is 0.653. The Kier molecular flexibility index (Phi) is 3.01. The van der Waals surface area contributed by atoms with Crippen molar-refractivity contribution < 1.29 is 5.11 Å². The lowest BCUT2D eigenvalue weighted by molar-refractivity contribution is 0.206. The Balaban J connectivity index is 2.14. The summed E-state index contributed by atoms with van der Waals surface area (Å²) in [6.45, 7) is 2.81. The predicted molar refractivity (Wildman–Crippen MR) is 73.7 cm³/mol. The van der Waals surface area contributed by atoms with Crippen molar-refractivity contribution in [1.82, 2.24) is 14.5 Å². The molecule has 0 saturated carbocycles. The molecule has 0 fully saturated rings. The van der Waals surface area contributed by atoms with E-state index in [4.69, 9.17) is 0 Å². The van der Waals surface area contributed by atoms with Gasteiger partial charge < -0.3 is 9.67 Å². The molecule has 0 aliphatic rings. The second kappa shape index (κ2) is 4.82. The van der Waals surface area contributed by atoms with Crippen LogP contribution in [0.5, 0.6) is 0 Å². The molecule has 0 radical (unpaired) electrons. The number of pyridine rings is 1. The highest BCUT2D eigenvalue weighted by atomic mass is 16.3. The molecule has 1 unspecified atom stereocenters. The first-order valence-electron chi connectivity index (χ1n) is 6.34. The average Bonchev–Trinajstić information content (AvgIpc) is 2.94. The SMILES string of the molecule is CCn1ccnc1C(O)c1cccc2cccnc12. The number of imidazole rings is 1. The van der Waals surface area contributed by atoms with Crippen LogP contribution in [0.1, 0.15) is 24.4 Å². The molecule has 3 rings (SSSR count). The van der Waals surface area contributed by atoms with Crippen molar-refractivity contribution in [3.8, 4) is 0 Å². The van der Waals surface area contributed by atoms with Gasteiger partial charge in [-0.3, -0.25) is 4.98 Å². The van der Waals surface area contributed by atoms with Gasteiger partial charge in [0, 0.05) is 36.1 Å². The number of aromatic nitrogens is 3.